The van der Waals surface area contributed by atoms with Crippen LogP contribution in [0.3, 0.4) is 0 Å². The first-order chi connectivity index (χ1) is 5.52. The Morgan fingerprint density at radius 3 is 2.25 bits per heavy atom. The molecule has 0 aromatic heterocycles. The molecular weight excluding hydrogens is 154 g/mol. The van der Waals surface area contributed by atoms with Crippen LogP contribution >= 0.6 is 0 Å². The average Bonchev–Trinajstić information content (AvgIpc) is 2.17. The summed E-state index contributed by atoms with van der Waals surface area (Å²) in [6.45, 7) is 5.97. The lowest BCUT2D eigenvalue weighted by Crippen LogP contribution is -2.41. The summed E-state index contributed by atoms with van der Waals surface area (Å²) in [4.78, 5) is 0. The third-order valence-electron chi connectivity index (χ3n) is 2.60. The predicted molar refractivity (Wildman–Crippen MR) is 47.9 cm³/mol. The van der Waals surface area contributed by atoms with Crippen molar-refractivity contribution in [3.05, 3.63) is 0 Å². The molecule has 3 nitrogen and oxygen atoms in total. The van der Waals surface area contributed by atoms with Gasteiger partial charge in [-0.15, -0.1) is 0 Å². The van der Waals surface area contributed by atoms with Gasteiger partial charge in [-0.3, -0.25) is 0 Å². The molecule has 0 heterocycles. The predicted octanol–water partition coefficient (Wildman–Crippen LogP) is 0.115. The van der Waals surface area contributed by atoms with Crippen molar-refractivity contribution in [1.82, 2.24) is 5.32 Å². The fourth-order valence-electron chi connectivity index (χ4n) is 1.80. The zero-order valence-electron chi connectivity index (χ0n) is 7.99. The summed E-state index contributed by atoms with van der Waals surface area (Å²) in [5.41, 5.74) is 0. The highest BCUT2D eigenvalue weighted by Gasteiger charge is 2.38. The first-order valence-electron chi connectivity index (χ1n) is 4.64. The minimum Gasteiger partial charge on any atom is -0.393 e. The van der Waals surface area contributed by atoms with E-state index in [0.717, 1.165) is 0 Å². The molecule has 0 saturated heterocycles. The maximum atomic E-state index is 9.65. The monoisotopic (exact) mass is 173 g/mol. The summed E-state index contributed by atoms with van der Waals surface area (Å²) >= 11 is 0. The number of aliphatic hydroxyl groups excluding tert-OH is 2. The van der Waals surface area contributed by atoms with Crippen molar-refractivity contribution in [3.8, 4) is 0 Å². The molecule has 0 aliphatic heterocycles. The van der Waals surface area contributed by atoms with Crippen molar-refractivity contribution < 1.29 is 10.2 Å². The Balaban J connectivity index is 2.47. The lowest BCUT2D eigenvalue weighted by atomic mass is 10.1. The van der Waals surface area contributed by atoms with E-state index in [2.05, 4.69) is 5.32 Å². The molecule has 1 saturated carbocycles. The van der Waals surface area contributed by atoms with Crippen LogP contribution in [-0.2, 0) is 0 Å². The van der Waals surface area contributed by atoms with Gasteiger partial charge in [0.2, 0.25) is 0 Å². The summed E-state index contributed by atoms with van der Waals surface area (Å²) in [5, 5.41) is 22.3. The first-order valence-corrected chi connectivity index (χ1v) is 4.64. The van der Waals surface area contributed by atoms with Crippen LogP contribution in [0.5, 0.6) is 0 Å². The van der Waals surface area contributed by atoms with Crippen LogP contribution in [0.25, 0.3) is 0 Å². The van der Waals surface area contributed by atoms with Gasteiger partial charge in [0.25, 0.3) is 0 Å². The summed E-state index contributed by atoms with van der Waals surface area (Å²) < 4.78 is 0. The smallest absolute Gasteiger partial charge is 0.0744 e. The van der Waals surface area contributed by atoms with E-state index in [1.807, 2.05) is 20.8 Å². The largest absolute Gasteiger partial charge is 0.393 e. The van der Waals surface area contributed by atoms with Crippen molar-refractivity contribution in [3.63, 3.8) is 0 Å². The van der Waals surface area contributed by atoms with E-state index in [4.69, 9.17) is 0 Å². The Morgan fingerprint density at radius 2 is 1.92 bits per heavy atom. The standard InChI is InChI=1S/C9H19NO2/c1-5(2)10-7-4-8(11)6(3)9(7)12/h5-12H,4H2,1-3H3. The van der Waals surface area contributed by atoms with Crippen molar-refractivity contribution in [2.24, 2.45) is 5.92 Å². The second-order valence-electron chi connectivity index (χ2n) is 4.08. The van der Waals surface area contributed by atoms with Crippen molar-refractivity contribution in [2.75, 3.05) is 0 Å². The molecule has 72 valence electrons. The van der Waals surface area contributed by atoms with Gasteiger partial charge in [0, 0.05) is 18.0 Å². The quantitative estimate of drug-likeness (QED) is 0.556. The average molecular weight is 173 g/mol. The normalized spacial score (nSPS) is 42.5. The maximum Gasteiger partial charge on any atom is 0.0744 e. The van der Waals surface area contributed by atoms with Crippen LogP contribution in [0.1, 0.15) is 27.2 Å². The van der Waals surface area contributed by atoms with Crippen molar-refractivity contribution >= 4 is 0 Å². The fraction of sp³-hybridized carbons (Fsp3) is 1.00. The second-order valence-corrected chi connectivity index (χ2v) is 4.08. The molecule has 3 N–H and O–H groups in total. The number of hydrogen-bond acceptors (Lipinski definition) is 3. The number of hydrogen-bond donors (Lipinski definition) is 3. The van der Waals surface area contributed by atoms with Gasteiger partial charge in [-0.05, 0) is 6.42 Å². The maximum absolute atomic E-state index is 9.65. The summed E-state index contributed by atoms with van der Waals surface area (Å²) in [6, 6.07) is 0.428. The molecule has 1 aliphatic carbocycles. The summed E-state index contributed by atoms with van der Waals surface area (Å²) in [7, 11) is 0. The van der Waals surface area contributed by atoms with E-state index in [0.29, 0.717) is 12.5 Å². The molecule has 1 aliphatic rings. The zero-order chi connectivity index (χ0) is 9.30. The Labute approximate surface area is 73.8 Å². The summed E-state index contributed by atoms with van der Waals surface area (Å²) in [6.07, 6.45) is -0.0841. The zero-order valence-corrected chi connectivity index (χ0v) is 7.99. The molecule has 4 atom stereocenters. The highest BCUT2D eigenvalue weighted by atomic mass is 16.3. The lowest BCUT2D eigenvalue weighted by Gasteiger charge is -2.20. The van der Waals surface area contributed by atoms with Gasteiger partial charge in [0.05, 0.1) is 12.2 Å². The topological polar surface area (TPSA) is 52.5 Å². The molecule has 0 aromatic rings. The van der Waals surface area contributed by atoms with Crippen LogP contribution < -0.4 is 5.32 Å². The highest BCUT2D eigenvalue weighted by molar-refractivity contribution is 4.93. The number of nitrogens with one attached hydrogen (secondary N) is 1. The molecule has 3 heteroatoms. The fourth-order valence-corrected chi connectivity index (χ4v) is 1.80. The van der Waals surface area contributed by atoms with Gasteiger partial charge in [-0.1, -0.05) is 20.8 Å². The molecule has 0 aromatic carbocycles. The molecule has 0 bridgehead atoms. The van der Waals surface area contributed by atoms with Crippen molar-refractivity contribution in [1.29, 1.82) is 0 Å². The molecule has 0 radical (unpaired) electrons. The molecule has 1 fully saturated rings. The van der Waals surface area contributed by atoms with Gasteiger partial charge < -0.3 is 15.5 Å². The molecule has 0 amide bonds. The van der Waals surface area contributed by atoms with E-state index < -0.39 is 6.10 Å². The Hall–Kier alpha value is -0.120. The van der Waals surface area contributed by atoms with E-state index in [-0.39, 0.29) is 18.1 Å². The van der Waals surface area contributed by atoms with Crippen molar-refractivity contribution in [2.45, 2.75) is 51.5 Å². The number of aliphatic hydroxyl groups is 2. The van der Waals surface area contributed by atoms with Gasteiger partial charge >= 0.3 is 0 Å². The third kappa shape index (κ3) is 1.97. The van der Waals surface area contributed by atoms with Crippen LogP contribution in [0.4, 0.5) is 0 Å². The van der Waals surface area contributed by atoms with Crippen LogP contribution in [0, 0.1) is 5.92 Å². The van der Waals surface area contributed by atoms with E-state index in [1.165, 1.54) is 0 Å². The number of rotatable bonds is 2. The molecule has 1 rings (SSSR count). The van der Waals surface area contributed by atoms with Crippen LogP contribution in [0.15, 0.2) is 0 Å². The van der Waals surface area contributed by atoms with Gasteiger partial charge in [0.15, 0.2) is 0 Å². The second kappa shape index (κ2) is 3.73. The van der Waals surface area contributed by atoms with E-state index in [9.17, 15) is 10.2 Å². The molecule has 4 unspecified atom stereocenters. The van der Waals surface area contributed by atoms with E-state index in [1.54, 1.807) is 0 Å². The third-order valence-corrected chi connectivity index (χ3v) is 2.60. The van der Waals surface area contributed by atoms with E-state index >= 15 is 0 Å². The lowest BCUT2D eigenvalue weighted by molar-refractivity contribution is 0.0685. The Kier molecular flexibility index (Phi) is 3.09. The molecule has 12 heavy (non-hydrogen) atoms. The highest BCUT2D eigenvalue weighted by Crippen LogP contribution is 2.26. The van der Waals surface area contributed by atoms with Gasteiger partial charge in [-0.25, -0.2) is 0 Å². The Bertz CT molecular complexity index is 147. The molecular formula is C9H19NO2. The Morgan fingerprint density at radius 1 is 1.33 bits per heavy atom. The van der Waals surface area contributed by atoms with Gasteiger partial charge in [-0.2, -0.15) is 0 Å². The first kappa shape index (κ1) is 9.96. The SMILES string of the molecule is CC(C)NC1CC(O)C(C)C1O. The van der Waals surface area contributed by atoms with Crippen LogP contribution in [0.2, 0.25) is 0 Å². The van der Waals surface area contributed by atoms with Gasteiger partial charge in [0.1, 0.15) is 0 Å². The van der Waals surface area contributed by atoms with Crippen LogP contribution in [-0.4, -0.2) is 34.5 Å². The summed E-state index contributed by atoms with van der Waals surface area (Å²) in [5.74, 6) is 0.00116. The molecule has 0 spiro atoms. The minimum atomic E-state index is -0.401. The minimum absolute atomic E-state index is 0.00116.